The second-order valence-electron chi connectivity index (χ2n) is 2.77. The minimum atomic E-state index is -4.50. The molecule has 1 aliphatic heterocycles. The molecule has 1 aliphatic rings. The zero-order valence-corrected chi connectivity index (χ0v) is 7.89. The van der Waals surface area contributed by atoms with Crippen LogP contribution in [0.4, 0.5) is 13.2 Å². The number of benzene rings is 1. The van der Waals surface area contributed by atoms with Gasteiger partial charge in [-0.2, -0.15) is 13.2 Å². The molecule has 15 heavy (non-hydrogen) atoms. The number of hydrogen-bond donors (Lipinski definition) is 0. The molecular formula is C9H4ClF3O2. The van der Waals surface area contributed by atoms with Crippen LogP contribution in [0, 0.1) is 0 Å². The van der Waals surface area contributed by atoms with Gasteiger partial charge in [0.1, 0.15) is 11.8 Å². The Kier molecular flexibility index (Phi) is 2.26. The summed E-state index contributed by atoms with van der Waals surface area (Å²) in [7, 11) is 0. The minimum absolute atomic E-state index is 0.00535. The maximum Gasteiger partial charge on any atom is 0.420 e. The number of hydrogen-bond acceptors (Lipinski definition) is 2. The van der Waals surface area contributed by atoms with Crippen LogP contribution < -0.4 is 9.47 Å². The molecule has 1 aromatic rings. The third-order valence-corrected chi connectivity index (χ3v) is 1.93. The van der Waals surface area contributed by atoms with E-state index >= 15 is 0 Å². The van der Waals surface area contributed by atoms with Crippen LogP contribution in [0.15, 0.2) is 29.7 Å². The van der Waals surface area contributed by atoms with Gasteiger partial charge in [0.25, 0.3) is 0 Å². The van der Waals surface area contributed by atoms with Crippen LogP contribution in [0.5, 0.6) is 11.5 Å². The van der Waals surface area contributed by atoms with Gasteiger partial charge in [0.2, 0.25) is 5.22 Å². The maximum atomic E-state index is 12.5. The van der Waals surface area contributed by atoms with Crippen molar-refractivity contribution in [2.24, 2.45) is 0 Å². The molecule has 0 amide bonds. The van der Waals surface area contributed by atoms with E-state index < -0.39 is 17.5 Å². The topological polar surface area (TPSA) is 18.5 Å². The van der Waals surface area contributed by atoms with Gasteiger partial charge in [0.05, 0.1) is 0 Å². The van der Waals surface area contributed by atoms with Crippen LogP contribution in [-0.4, -0.2) is 0 Å². The van der Waals surface area contributed by atoms with E-state index in [9.17, 15) is 13.2 Å². The van der Waals surface area contributed by atoms with Crippen molar-refractivity contribution >= 4 is 11.6 Å². The summed E-state index contributed by atoms with van der Waals surface area (Å²) >= 11 is 5.41. The first kappa shape index (κ1) is 10.2. The van der Waals surface area contributed by atoms with Gasteiger partial charge < -0.3 is 9.47 Å². The summed E-state index contributed by atoms with van der Waals surface area (Å²) in [5.74, 6) is -0.410. The Hall–Kier alpha value is -1.36. The Labute approximate surface area is 87.9 Å². The fraction of sp³-hybridized carbons (Fsp3) is 0.111. The number of halogens is 4. The molecule has 1 heterocycles. The summed E-state index contributed by atoms with van der Waals surface area (Å²) in [6.07, 6.45) is -3.47. The van der Waals surface area contributed by atoms with Gasteiger partial charge in [-0.25, -0.2) is 0 Å². The summed E-state index contributed by atoms with van der Waals surface area (Å²) in [5.41, 5.74) is -0.911. The molecule has 0 saturated carbocycles. The van der Waals surface area contributed by atoms with Crippen molar-refractivity contribution < 1.29 is 22.6 Å². The fourth-order valence-corrected chi connectivity index (χ4v) is 1.29. The number of fused-ring (bicyclic) bond motifs is 1. The van der Waals surface area contributed by atoms with E-state index in [1.54, 1.807) is 0 Å². The molecule has 80 valence electrons. The maximum absolute atomic E-state index is 12.5. The molecule has 2 rings (SSSR count). The highest BCUT2D eigenvalue weighted by molar-refractivity contribution is 6.28. The largest absolute Gasteiger partial charge is 0.456 e. The van der Waals surface area contributed by atoms with Crippen LogP contribution in [-0.2, 0) is 6.18 Å². The van der Waals surface area contributed by atoms with Gasteiger partial charge >= 0.3 is 6.18 Å². The molecule has 0 N–H and O–H groups in total. The lowest BCUT2D eigenvalue weighted by molar-refractivity contribution is -0.138. The average molecular weight is 237 g/mol. The molecule has 0 radical (unpaired) electrons. The Morgan fingerprint density at radius 1 is 1.20 bits per heavy atom. The van der Waals surface area contributed by atoms with E-state index in [1.165, 1.54) is 12.1 Å². The van der Waals surface area contributed by atoms with E-state index in [1.807, 2.05) is 0 Å². The molecule has 1 aromatic carbocycles. The highest BCUT2D eigenvalue weighted by atomic mass is 35.5. The zero-order chi connectivity index (χ0) is 11.1. The molecule has 0 saturated heterocycles. The monoisotopic (exact) mass is 236 g/mol. The summed E-state index contributed by atoms with van der Waals surface area (Å²) in [5, 5.41) is -0.237. The first-order valence-electron chi connectivity index (χ1n) is 3.89. The summed E-state index contributed by atoms with van der Waals surface area (Å²) in [6, 6.07) is 3.50. The minimum Gasteiger partial charge on any atom is -0.456 e. The summed E-state index contributed by atoms with van der Waals surface area (Å²) < 4.78 is 47.1. The first-order chi connectivity index (χ1) is 6.98. The molecule has 0 atom stereocenters. The number of para-hydroxylation sites is 1. The summed E-state index contributed by atoms with van der Waals surface area (Å²) in [6.45, 7) is 0. The molecule has 0 fully saturated rings. The standard InChI is InChI=1S/C9H4ClF3O2/c10-7-4-14-6-3-1-2-5(8(6)15-7)9(11,12)13/h1-4H. The van der Waals surface area contributed by atoms with Gasteiger partial charge in [-0.1, -0.05) is 6.07 Å². The van der Waals surface area contributed by atoms with Crippen molar-refractivity contribution in [3.05, 3.63) is 35.2 Å². The molecule has 0 spiro atoms. The van der Waals surface area contributed by atoms with E-state index in [0.29, 0.717) is 0 Å². The van der Waals surface area contributed by atoms with Crippen molar-refractivity contribution in [3.63, 3.8) is 0 Å². The molecule has 2 nitrogen and oxygen atoms in total. The second-order valence-corrected chi connectivity index (χ2v) is 3.14. The first-order valence-corrected chi connectivity index (χ1v) is 4.26. The molecule has 0 aliphatic carbocycles. The smallest absolute Gasteiger partial charge is 0.420 e. The Morgan fingerprint density at radius 2 is 1.93 bits per heavy atom. The van der Waals surface area contributed by atoms with Crippen LogP contribution in [0.1, 0.15) is 5.56 Å². The SMILES string of the molecule is FC(F)(F)c1cccc2c1OC(Cl)=CO2. The van der Waals surface area contributed by atoms with E-state index in [2.05, 4.69) is 0 Å². The van der Waals surface area contributed by atoms with Crippen molar-refractivity contribution in [1.29, 1.82) is 0 Å². The van der Waals surface area contributed by atoms with Crippen molar-refractivity contribution in [2.75, 3.05) is 0 Å². The zero-order valence-electron chi connectivity index (χ0n) is 7.14. The van der Waals surface area contributed by atoms with Crippen LogP contribution in [0.2, 0.25) is 0 Å². The van der Waals surface area contributed by atoms with E-state index in [-0.39, 0.29) is 11.0 Å². The third kappa shape index (κ3) is 1.87. The van der Waals surface area contributed by atoms with Gasteiger partial charge in [0.15, 0.2) is 11.5 Å². The normalized spacial score (nSPS) is 14.8. The van der Waals surface area contributed by atoms with Crippen molar-refractivity contribution in [2.45, 2.75) is 6.18 Å². The van der Waals surface area contributed by atoms with Crippen LogP contribution >= 0.6 is 11.6 Å². The molecule has 0 aromatic heterocycles. The fourth-order valence-electron chi connectivity index (χ4n) is 1.17. The van der Waals surface area contributed by atoms with E-state index in [4.69, 9.17) is 21.1 Å². The Morgan fingerprint density at radius 3 is 2.60 bits per heavy atom. The molecular weight excluding hydrogens is 233 g/mol. The molecule has 0 bridgehead atoms. The Balaban J connectivity index is 2.53. The van der Waals surface area contributed by atoms with Gasteiger partial charge in [-0.15, -0.1) is 0 Å². The number of ether oxygens (including phenoxy) is 2. The average Bonchev–Trinajstić information content (AvgIpc) is 2.15. The van der Waals surface area contributed by atoms with Gasteiger partial charge in [0, 0.05) is 0 Å². The number of rotatable bonds is 0. The highest BCUT2D eigenvalue weighted by Gasteiger charge is 2.36. The quantitative estimate of drug-likeness (QED) is 0.686. The predicted octanol–water partition coefficient (Wildman–Crippen LogP) is 3.51. The lowest BCUT2D eigenvalue weighted by Gasteiger charge is -2.18. The highest BCUT2D eigenvalue weighted by Crippen LogP contribution is 2.44. The lowest BCUT2D eigenvalue weighted by atomic mass is 10.2. The van der Waals surface area contributed by atoms with Crippen LogP contribution in [0.25, 0.3) is 0 Å². The molecule has 6 heteroatoms. The van der Waals surface area contributed by atoms with E-state index in [0.717, 1.165) is 12.3 Å². The van der Waals surface area contributed by atoms with Crippen molar-refractivity contribution in [3.8, 4) is 11.5 Å². The van der Waals surface area contributed by atoms with Crippen molar-refractivity contribution in [1.82, 2.24) is 0 Å². The number of alkyl halides is 3. The Bertz CT molecular complexity index is 426. The van der Waals surface area contributed by atoms with Gasteiger partial charge in [-0.3, -0.25) is 0 Å². The van der Waals surface area contributed by atoms with Crippen LogP contribution in [0.3, 0.4) is 0 Å². The second kappa shape index (κ2) is 3.34. The third-order valence-electron chi connectivity index (χ3n) is 1.76. The lowest BCUT2D eigenvalue weighted by Crippen LogP contribution is -2.11. The summed E-state index contributed by atoms with van der Waals surface area (Å²) in [4.78, 5) is 0. The predicted molar refractivity (Wildman–Crippen MR) is 46.6 cm³/mol. The van der Waals surface area contributed by atoms with Gasteiger partial charge in [-0.05, 0) is 23.7 Å². The molecule has 0 unspecified atom stereocenters.